The molecule has 0 spiro atoms. The van der Waals surface area contributed by atoms with E-state index in [0.717, 1.165) is 35.6 Å². The van der Waals surface area contributed by atoms with Crippen LogP contribution >= 0.6 is 12.2 Å². The van der Waals surface area contributed by atoms with Crippen molar-refractivity contribution < 1.29 is 0 Å². The van der Waals surface area contributed by atoms with E-state index in [9.17, 15) is 0 Å². The lowest BCUT2D eigenvalue weighted by Crippen LogP contribution is -2.08. The molecule has 0 amide bonds. The van der Waals surface area contributed by atoms with E-state index in [4.69, 9.17) is 12.2 Å². The maximum atomic E-state index is 5.38. The van der Waals surface area contributed by atoms with E-state index < -0.39 is 0 Å². The third kappa shape index (κ3) is 1.88. The predicted molar refractivity (Wildman–Crippen MR) is 73.3 cm³/mol. The van der Waals surface area contributed by atoms with E-state index >= 15 is 0 Å². The Balaban J connectivity index is 1.99. The summed E-state index contributed by atoms with van der Waals surface area (Å²) in [6.07, 6.45) is 2.48. The second-order valence-corrected chi connectivity index (χ2v) is 4.98. The standard InChI is InChI=1S/C11H15N7S/c1-7-9-10(17(3)15-7)18(11(19)13-9)5-4-8-14-12-6-16(8)2/h6H,4-5H2,1-3H3,(H,13,19). The van der Waals surface area contributed by atoms with Gasteiger partial charge in [0.15, 0.2) is 10.4 Å². The van der Waals surface area contributed by atoms with Crippen molar-refractivity contribution in [3.8, 4) is 0 Å². The molecule has 0 saturated heterocycles. The third-order valence-corrected chi connectivity index (χ3v) is 3.61. The molecule has 0 saturated carbocycles. The molecule has 0 aromatic carbocycles. The molecule has 3 rings (SSSR count). The first-order chi connectivity index (χ1) is 9.08. The molecule has 0 atom stereocenters. The zero-order chi connectivity index (χ0) is 13.6. The van der Waals surface area contributed by atoms with Crippen LogP contribution in [0.25, 0.3) is 11.2 Å². The van der Waals surface area contributed by atoms with E-state index in [1.165, 1.54) is 0 Å². The van der Waals surface area contributed by atoms with Gasteiger partial charge in [-0.05, 0) is 19.1 Å². The molecule has 0 bridgehead atoms. The Bertz CT molecular complexity index is 788. The lowest BCUT2D eigenvalue weighted by Gasteiger charge is -2.04. The van der Waals surface area contributed by atoms with Gasteiger partial charge >= 0.3 is 0 Å². The minimum Gasteiger partial charge on any atom is -0.328 e. The average molecular weight is 277 g/mol. The number of hydrogen-bond donors (Lipinski definition) is 1. The number of aromatic nitrogens is 7. The van der Waals surface area contributed by atoms with Gasteiger partial charge in [0.2, 0.25) is 0 Å². The molecule has 3 heterocycles. The maximum Gasteiger partial charge on any atom is 0.179 e. The van der Waals surface area contributed by atoms with Gasteiger partial charge in [0.25, 0.3) is 0 Å². The van der Waals surface area contributed by atoms with Gasteiger partial charge in [0.1, 0.15) is 17.7 Å². The van der Waals surface area contributed by atoms with Gasteiger partial charge in [-0.1, -0.05) is 0 Å². The van der Waals surface area contributed by atoms with Gasteiger partial charge in [0, 0.05) is 27.1 Å². The smallest absolute Gasteiger partial charge is 0.179 e. The molecule has 19 heavy (non-hydrogen) atoms. The number of aryl methyl sites for hydroxylation is 5. The van der Waals surface area contributed by atoms with Crippen molar-refractivity contribution in [1.29, 1.82) is 0 Å². The van der Waals surface area contributed by atoms with Crippen LogP contribution in [0.15, 0.2) is 6.33 Å². The molecule has 0 unspecified atom stereocenters. The van der Waals surface area contributed by atoms with E-state index in [1.807, 2.05) is 30.3 Å². The van der Waals surface area contributed by atoms with E-state index in [2.05, 4.69) is 24.8 Å². The number of rotatable bonds is 3. The summed E-state index contributed by atoms with van der Waals surface area (Å²) in [5.74, 6) is 0.940. The molecule has 3 aromatic heterocycles. The number of nitrogens with zero attached hydrogens (tertiary/aromatic N) is 6. The van der Waals surface area contributed by atoms with Gasteiger partial charge in [-0.15, -0.1) is 10.2 Å². The predicted octanol–water partition coefficient (Wildman–Crippen LogP) is 1.11. The summed E-state index contributed by atoms with van der Waals surface area (Å²) in [6, 6.07) is 0. The van der Waals surface area contributed by atoms with Gasteiger partial charge in [-0.3, -0.25) is 4.68 Å². The minimum atomic E-state index is 0.716. The van der Waals surface area contributed by atoms with Gasteiger partial charge < -0.3 is 14.1 Å². The topological polar surface area (TPSA) is 69.2 Å². The number of H-pyrrole nitrogens is 1. The normalized spacial score (nSPS) is 11.5. The Morgan fingerprint density at radius 3 is 2.84 bits per heavy atom. The van der Waals surface area contributed by atoms with E-state index in [-0.39, 0.29) is 0 Å². The van der Waals surface area contributed by atoms with Crippen LogP contribution in [-0.4, -0.2) is 34.1 Å². The summed E-state index contributed by atoms with van der Waals surface area (Å²) in [4.78, 5) is 3.21. The van der Waals surface area contributed by atoms with Crippen LogP contribution in [0.4, 0.5) is 0 Å². The Kier molecular flexibility index (Phi) is 2.74. The molecule has 8 heteroatoms. The summed E-state index contributed by atoms with van der Waals surface area (Å²) in [5, 5.41) is 12.4. The molecule has 100 valence electrons. The maximum absolute atomic E-state index is 5.38. The first kappa shape index (κ1) is 12.1. The summed E-state index contributed by atoms with van der Waals surface area (Å²) in [5.41, 5.74) is 2.98. The van der Waals surface area contributed by atoms with Crippen molar-refractivity contribution in [2.75, 3.05) is 0 Å². The second-order valence-electron chi connectivity index (χ2n) is 4.60. The van der Waals surface area contributed by atoms with Crippen molar-refractivity contribution in [3.05, 3.63) is 22.6 Å². The Morgan fingerprint density at radius 1 is 1.37 bits per heavy atom. The number of fused-ring (bicyclic) bond motifs is 1. The third-order valence-electron chi connectivity index (χ3n) is 3.29. The molecule has 3 aromatic rings. The van der Waals surface area contributed by atoms with Crippen LogP contribution in [0.3, 0.4) is 0 Å². The zero-order valence-corrected chi connectivity index (χ0v) is 11.9. The Morgan fingerprint density at radius 2 is 2.16 bits per heavy atom. The number of aromatic amines is 1. The molecular weight excluding hydrogens is 262 g/mol. The van der Waals surface area contributed by atoms with Crippen molar-refractivity contribution in [2.24, 2.45) is 14.1 Å². The monoisotopic (exact) mass is 277 g/mol. The van der Waals surface area contributed by atoms with Gasteiger partial charge in [-0.25, -0.2) is 0 Å². The van der Waals surface area contributed by atoms with Crippen molar-refractivity contribution in [3.63, 3.8) is 0 Å². The number of nitrogens with one attached hydrogen (secondary N) is 1. The van der Waals surface area contributed by atoms with Crippen LogP contribution < -0.4 is 0 Å². The van der Waals surface area contributed by atoms with E-state index in [1.54, 1.807) is 6.33 Å². The summed E-state index contributed by atoms with van der Waals surface area (Å²) in [7, 11) is 3.87. The highest BCUT2D eigenvalue weighted by atomic mass is 32.1. The highest BCUT2D eigenvalue weighted by Gasteiger charge is 2.13. The lowest BCUT2D eigenvalue weighted by molar-refractivity contribution is 0.633. The summed E-state index contributed by atoms with van der Waals surface area (Å²) < 4.78 is 6.54. The molecule has 0 aliphatic rings. The van der Waals surface area contributed by atoms with Crippen LogP contribution in [0.5, 0.6) is 0 Å². The quantitative estimate of drug-likeness (QED) is 0.728. The van der Waals surface area contributed by atoms with Gasteiger partial charge in [-0.2, -0.15) is 5.10 Å². The molecule has 7 nitrogen and oxygen atoms in total. The van der Waals surface area contributed by atoms with Crippen LogP contribution in [0.2, 0.25) is 0 Å². The SMILES string of the molecule is Cc1nn(C)c2c1[nH]c(=S)n2CCc1nncn1C. The highest BCUT2D eigenvalue weighted by Crippen LogP contribution is 2.17. The lowest BCUT2D eigenvalue weighted by atomic mass is 10.4. The largest absolute Gasteiger partial charge is 0.328 e. The Hall–Kier alpha value is -1.96. The van der Waals surface area contributed by atoms with Crippen molar-refractivity contribution in [2.45, 2.75) is 19.9 Å². The average Bonchev–Trinajstić information content (AvgIpc) is 2.97. The van der Waals surface area contributed by atoms with E-state index in [0.29, 0.717) is 4.77 Å². The second kappa shape index (κ2) is 4.30. The summed E-state index contributed by atoms with van der Waals surface area (Å²) in [6.45, 7) is 2.73. The fraction of sp³-hybridized carbons (Fsp3) is 0.455. The molecule has 0 aliphatic heterocycles. The van der Waals surface area contributed by atoms with Crippen molar-refractivity contribution >= 4 is 23.4 Å². The van der Waals surface area contributed by atoms with Gasteiger partial charge in [0.05, 0.1) is 5.69 Å². The molecule has 0 fully saturated rings. The number of hydrogen-bond acceptors (Lipinski definition) is 4. The zero-order valence-electron chi connectivity index (χ0n) is 11.1. The fourth-order valence-corrected chi connectivity index (χ4v) is 2.61. The fourth-order valence-electron chi connectivity index (χ4n) is 2.33. The summed E-state index contributed by atoms with van der Waals surface area (Å²) >= 11 is 5.38. The first-order valence-corrected chi connectivity index (χ1v) is 6.43. The minimum absolute atomic E-state index is 0.716. The molecule has 0 radical (unpaired) electrons. The molecular formula is C11H15N7S. The van der Waals surface area contributed by atoms with Crippen molar-refractivity contribution in [1.82, 2.24) is 34.1 Å². The van der Waals surface area contributed by atoms with Crippen LogP contribution in [0.1, 0.15) is 11.5 Å². The molecule has 1 N–H and O–H groups in total. The highest BCUT2D eigenvalue weighted by molar-refractivity contribution is 7.71. The van der Waals surface area contributed by atoms with Crippen LogP contribution in [0, 0.1) is 11.7 Å². The first-order valence-electron chi connectivity index (χ1n) is 6.03. The molecule has 0 aliphatic carbocycles. The van der Waals surface area contributed by atoms with Crippen LogP contribution in [-0.2, 0) is 27.1 Å². The number of imidazole rings is 1. The Labute approximate surface area is 114 Å².